The lowest BCUT2D eigenvalue weighted by atomic mass is 9.81. The van der Waals surface area contributed by atoms with Crippen molar-refractivity contribution < 1.29 is 35.1 Å². The Morgan fingerprint density at radius 2 is 0.750 bits per heavy atom. The monoisotopic (exact) mass is 652 g/mol. The summed E-state index contributed by atoms with van der Waals surface area (Å²) < 4.78 is 120. The fourth-order valence-corrected chi connectivity index (χ4v) is 5.87. The third-order valence-electron chi connectivity index (χ3n) is 7.50. The van der Waals surface area contributed by atoms with E-state index in [-0.39, 0.29) is 11.1 Å². The number of allylic oxidation sites excluding steroid dienone is 8. The first kappa shape index (κ1) is 32.4. The van der Waals surface area contributed by atoms with Gasteiger partial charge >= 0.3 is 12.4 Å². The average Bonchev–Trinajstić information content (AvgIpc) is 3.53. The SMILES string of the molecule is N#CC(C#N)=C1C(c2ccc(F)cc2)=C(C#N)c2c1c(C(F)(F)F)c1c(c2C(F)(F)F)C(C#N)=C(c2ccc(F)cc2)C1=C(C#N)C#N. The van der Waals surface area contributed by atoms with Crippen molar-refractivity contribution in [3.8, 4) is 36.4 Å². The number of alkyl halides is 6. The van der Waals surface area contributed by atoms with E-state index < -0.39 is 102 Å². The molecule has 3 aromatic rings. The highest BCUT2D eigenvalue weighted by atomic mass is 19.4. The molecule has 6 nitrogen and oxygen atoms in total. The molecule has 0 fully saturated rings. The van der Waals surface area contributed by atoms with Gasteiger partial charge in [-0.1, -0.05) is 24.3 Å². The van der Waals surface area contributed by atoms with Crippen molar-refractivity contribution in [2.45, 2.75) is 12.4 Å². The van der Waals surface area contributed by atoms with Crippen molar-refractivity contribution >= 4 is 33.4 Å². The second-order valence-corrected chi connectivity index (χ2v) is 9.93. The molecule has 0 bridgehead atoms. The summed E-state index contributed by atoms with van der Waals surface area (Å²) in [4.78, 5) is 0. The minimum atomic E-state index is -5.71. The van der Waals surface area contributed by atoms with Crippen LogP contribution >= 0.6 is 0 Å². The van der Waals surface area contributed by atoms with Gasteiger partial charge in [0.15, 0.2) is 0 Å². The standard InChI is InChI=1S/C34H8F8N6/c35-19-5-1-15(2-6-19)23-21(13-47)27-29(25(23)17(9-43)10-44)32(34(40,41)42)30-26(18(11-45)12-46)24(16-3-7-20(36)8-4-16)22(14-48)28(30)31(27)33(37,38)39/h1-8H. The molecule has 0 aliphatic heterocycles. The molecule has 14 heteroatoms. The molecule has 0 aromatic heterocycles. The zero-order valence-corrected chi connectivity index (χ0v) is 23.3. The highest BCUT2D eigenvalue weighted by molar-refractivity contribution is 6.31. The molecule has 48 heavy (non-hydrogen) atoms. The zero-order chi connectivity index (χ0) is 35.3. The molecule has 5 rings (SSSR count). The minimum Gasteiger partial charge on any atom is -0.207 e. The Bertz CT molecular complexity index is 2180. The van der Waals surface area contributed by atoms with Crippen LogP contribution in [0.1, 0.15) is 44.5 Å². The van der Waals surface area contributed by atoms with Gasteiger partial charge < -0.3 is 0 Å². The van der Waals surface area contributed by atoms with Crippen LogP contribution in [0.25, 0.3) is 33.4 Å². The largest absolute Gasteiger partial charge is 0.417 e. The van der Waals surface area contributed by atoms with Crippen LogP contribution in [-0.2, 0) is 12.4 Å². The highest BCUT2D eigenvalue weighted by Crippen LogP contribution is 2.62. The number of rotatable bonds is 2. The Hall–Kier alpha value is -7.00. The Morgan fingerprint density at radius 3 is 1.00 bits per heavy atom. The predicted octanol–water partition coefficient (Wildman–Crippen LogP) is 8.50. The third-order valence-corrected chi connectivity index (χ3v) is 7.50. The van der Waals surface area contributed by atoms with Gasteiger partial charge in [-0.15, -0.1) is 0 Å². The van der Waals surface area contributed by atoms with Crippen molar-refractivity contribution in [3.05, 3.63) is 116 Å². The van der Waals surface area contributed by atoms with Gasteiger partial charge in [-0.2, -0.15) is 57.9 Å². The summed E-state index contributed by atoms with van der Waals surface area (Å²) in [6, 6.07) is 15.1. The Kier molecular flexibility index (Phi) is 7.71. The van der Waals surface area contributed by atoms with E-state index in [1.54, 1.807) is 0 Å². The second-order valence-electron chi connectivity index (χ2n) is 9.93. The van der Waals surface area contributed by atoms with Gasteiger partial charge in [0.2, 0.25) is 0 Å². The molecule has 0 unspecified atom stereocenters. The molecule has 2 aliphatic carbocycles. The molecule has 0 spiro atoms. The molecule has 0 atom stereocenters. The van der Waals surface area contributed by atoms with Crippen LogP contribution in [0.2, 0.25) is 0 Å². The first-order valence-corrected chi connectivity index (χ1v) is 13.0. The van der Waals surface area contributed by atoms with Crippen LogP contribution < -0.4 is 0 Å². The summed E-state index contributed by atoms with van der Waals surface area (Å²) in [6.07, 6.45) is -11.4. The van der Waals surface area contributed by atoms with E-state index in [9.17, 15) is 40.4 Å². The van der Waals surface area contributed by atoms with Crippen molar-refractivity contribution in [1.82, 2.24) is 0 Å². The number of halogens is 8. The Labute approximate surface area is 264 Å². The van der Waals surface area contributed by atoms with E-state index in [0.29, 0.717) is 0 Å². The average molecular weight is 652 g/mol. The highest BCUT2D eigenvalue weighted by Gasteiger charge is 2.54. The van der Waals surface area contributed by atoms with E-state index in [4.69, 9.17) is 0 Å². The molecule has 3 aromatic carbocycles. The van der Waals surface area contributed by atoms with E-state index in [2.05, 4.69) is 0 Å². The lowest BCUT2D eigenvalue weighted by molar-refractivity contribution is -0.141. The maximum absolute atomic E-state index is 15.5. The summed E-state index contributed by atoms with van der Waals surface area (Å²) in [6.45, 7) is 0. The maximum atomic E-state index is 15.5. The number of nitrogens with zero attached hydrogens (tertiary/aromatic N) is 6. The number of hydrogen-bond donors (Lipinski definition) is 0. The van der Waals surface area contributed by atoms with Gasteiger partial charge in [0, 0.05) is 44.5 Å². The van der Waals surface area contributed by atoms with Gasteiger partial charge in [0.1, 0.15) is 59.2 Å². The molecule has 230 valence electrons. The maximum Gasteiger partial charge on any atom is 0.417 e. The van der Waals surface area contributed by atoms with Gasteiger partial charge in [0.25, 0.3) is 0 Å². The van der Waals surface area contributed by atoms with Crippen molar-refractivity contribution in [2.75, 3.05) is 0 Å². The van der Waals surface area contributed by atoms with E-state index in [0.717, 1.165) is 48.5 Å². The van der Waals surface area contributed by atoms with Gasteiger partial charge in [-0.05, 0) is 35.4 Å². The zero-order valence-electron chi connectivity index (χ0n) is 23.3. The Balaban J connectivity index is 2.22. The number of hydrogen-bond acceptors (Lipinski definition) is 6. The van der Waals surface area contributed by atoms with Gasteiger partial charge in [-0.25, -0.2) is 8.78 Å². The van der Waals surface area contributed by atoms with Gasteiger partial charge in [-0.3, -0.25) is 0 Å². The van der Waals surface area contributed by atoms with Crippen LogP contribution in [0.15, 0.2) is 59.7 Å². The quantitative estimate of drug-likeness (QED) is 0.201. The lowest BCUT2D eigenvalue weighted by Crippen LogP contribution is -2.20. The molecule has 2 aliphatic rings. The topological polar surface area (TPSA) is 143 Å². The molecule has 0 radical (unpaired) electrons. The van der Waals surface area contributed by atoms with Gasteiger partial charge in [0.05, 0.1) is 22.3 Å². The minimum absolute atomic E-state index is 0.336. The van der Waals surface area contributed by atoms with Crippen molar-refractivity contribution in [3.63, 3.8) is 0 Å². The summed E-state index contributed by atoms with van der Waals surface area (Å²) >= 11 is 0. The summed E-state index contributed by atoms with van der Waals surface area (Å²) in [5.74, 6) is -1.75. The lowest BCUT2D eigenvalue weighted by Gasteiger charge is -2.24. The first-order chi connectivity index (χ1) is 22.7. The molecule has 0 heterocycles. The van der Waals surface area contributed by atoms with E-state index in [1.807, 2.05) is 0 Å². The van der Waals surface area contributed by atoms with Crippen molar-refractivity contribution in [2.24, 2.45) is 0 Å². The van der Waals surface area contributed by atoms with Crippen LogP contribution in [0, 0.1) is 79.6 Å². The van der Waals surface area contributed by atoms with Crippen LogP contribution in [0.4, 0.5) is 35.1 Å². The molecular formula is C34H8F8N6. The number of nitriles is 6. The normalized spacial score (nSPS) is 13.5. The molecule has 0 saturated heterocycles. The van der Waals surface area contributed by atoms with Crippen LogP contribution in [0.3, 0.4) is 0 Å². The van der Waals surface area contributed by atoms with Crippen molar-refractivity contribution in [1.29, 1.82) is 31.6 Å². The molecule has 0 saturated carbocycles. The van der Waals surface area contributed by atoms with Crippen LogP contribution in [-0.4, -0.2) is 0 Å². The smallest absolute Gasteiger partial charge is 0.207 e. The predicted molar refractivity (Wildman–Crippen MR) is 150 cm³/mol. The summed E-state index contributed by atoms with van der Waals surface area (Å²) in [5, 5.41) is 59.8. The molecule has 0 N–H and O–H groups in total. The molecule has 0 amide bonds. The summed E-state index contributed by atoms with van der Waals surface area (Å²) in [7, 11) is 0. The Morgan fingerprint density at radius 1 is 0.458 bits per heavy atom. The van der Waals surface area contributed by atoms with E-state index >= 15 is 26.3 Å². The second kappa shape index (κ2) is 11.4. The number of fused-ring (bicyclic) bond motifs is 2. The fraction of sp³-hybridized carbons (Fsp3) is 0.0588. The van der Waals surface area contributed by atoms with Crippen LogP contribution in [0.5, 0.6) is 0 Å². The van der Waals surface area contributed by atoms with E-state index in [1.165, 1.54) is 36.4 Å². The summed E-state index contributed by atoms with van der Waals surface area (Å²) in [5.41, 5.74) is -18.5. The first-order valence-electron chi connectivity index (χ1n) is 13.0. The third kappa shape index (κ3) is 4.74. The fourth-order valence-electron chi connectivity index (χ4n) is 5.87. The molecular weight excluding hydrogens is 644 g/mol. The number of benzene rings is 3.